The van der Waals surface area contributed by atoms with Crippen molar-refractivity contribution in [2.24, 2.45) is 5.73 Å². The summed E-state index contributed by atoms with van der Waals surface area (Å²) < 4.78 is 5.91. The highest BCUT2D eigenvalue weighted by Crippen LogP contribution is 2.32. The van der Waals surface area contributed by atoms with Gasteiger partial charge in [-0.05, 0) is 30.9 Å². The van der Waals surface area contributed by atoms with Crippen molar-refractivity contribution in [3.63, 3.8) is 0 Å². The zero-order valence-corrected chi connectivity index (χ0v) is 11.0. The summed E-state index contributed by atoms with van der Waals surface area (Å²) >= 11 is 0. The van der Waals surface area contributed by atoms with E-state index in [1.807, 2.05) is 0 Å². The fraction of sp³-hybridized carbons (Fsp3) is 0.600. The van der Waals surface area contributed by atoms with Crippen LogP contribution in [0.25, 0.3) is 0 Å². The summed E-state index contributed by atoms with van der Waals surface area (Å²) in [7, 11) is 0. The normalized spacial score (nSPS) is 29.4. The number of hydrogen-bond acceptors (Lipinski definition) is 3. The fourth-order valence-electron chi connectivity index (χ4n) is 3.33. The van der Waals surface area contributed by atoms with E-state index in [0.29, 0.717) is 24.8 Å². The highest BCUT2D eigenvalue weighted by atomic mass is 16.5. The molecule has 0 amide bonds. The Morgan fingerprint density at radius 2 is 1.94 bits per heavy atom. The first kappa shape index (κ1) is 12.2. The number of aryl methyl sites for hydroxylation is 1. The maximum atomic E-state index is 6.03. The maximum Gasteiger partial charge on any atom is 0.0707 e. The van der Waals surface area contributed by atoms with Crippen molar-refractivity contribution in [2.75, 3.05) is 19.6 Å². The van der Waals surface area contributed by atoms with E-state index < -0.39 is 0 Å². The van der Waals surface area contributed by atoms with Gasteiger partial charge >= 0.3 is 0 Å². The van der Waals surface area contributed by atoms with Crippen LogP contribution < -0.4 is 5.73 Å². The molecule has 3 nitrogen and oxygen atoms in total. The van der Waals surface area contributed by atoms with Crippen LogP contribution in [0.3, 0.4) is 0 Å². The lowest BCUT2D eigenvalue weighted by molar-refractivity contribution is -0.0521. The highest BCUT2D eigenvalue weighted by molar-refractivity contribution is 5.29. The molecule has 0 aliphatic carbocycles. The van der Waals surface area contributed by atoms with E-state index in [0.717, 1.165) is 13.1 Å². The molecule has 2 saturated heterocycles. The number of likely N-dealkylation sites (tertiary alicyclic amines) is 1. The van der Waals surface area contributed by atoms with Gasteiger partial charge in [0.1, 0.15) is 0 Å². The van der Waals surface area contributed by atoms with Crippen LogP contribution in [0, 0.1) is 6.92 Å². The first-order chi connectivity index (χ1) is 8.78. The molecule has 3 atom stereocenters. The van der Waals surface area contributed by atoms with Crippen LogP contribution in [0.1, 0.15) is 30.0 Å². The van der Waals surface area contributed by atoms with Crippen LogP contribution in [0.4, 0.5) is 0 Å². The molecule has 1 aromatic carbocycles. The average molecular weight is 246 g/mol. The second kappa shape index (κ2) is 5.00. The van der Waals surface area contributed by atoms with Crippen LogP contribution in [-0.2, 0) is 4.74 Å². The van der Waals surface area contributed by atoms with E-state index in [2.05, 4.69) is 36.1 Å². The lowest BCUT2D eigenvalue weighted by Gasteiger charge is -2.38. The fourth-order valence-corrected chi connectivity index (χ4v) is 3.33. The predicted molar refractivity (Wildman–Crippen MR) is 72.4 cm³/mol. The molecule has 2 fully saturated rings. The van der Waals surface area contributed by atoms with Gasteiger partial charge in [0, 0.05) is 25.7 Å². The molecule has 3 unspecified atom stereocenters. The summed E-state index contributed by atoms with van der Waals surface area (Å²) in [4.78, 5) is 2.52. The molecule has 3 rings (SSSR count). The molecular formula is C15H22N2O. The topological polar surface area (TPSA) is 38.5 Å². The number of ether oxygens (including phenoxy) is 1. The molecule has 0 saturated carbocycles. The third-order valence-corrected chi connectivity index (χ3v) is 4.28. The summed E-state index contributed by atoms with van der Waals surface area (Å²) in [5, 5.41) is 0. The van der Waals surface area contributed by atoms with Crippen molar-refractivity contribution >= 4 is 0 Å². The smallest absolute Gasteiger partial charge is 0.0707 e. The van der Waals surface area contributed by atoms with Gasteiger partial charge in [-0.2, -0.15) is 0 Å². The zero-order valence-electron chi connectivity index (χ0n) is 11.0. The Morgan fingerprint density at radius 3 is 2.56 bits per heavy atom. The molecule has 2 N–H and O–H groups in total. The SMILES string of the molecule is Cc1ccccc1C(CN)N1CC2CCC(C1)O2. The average Bonchev–Trinajstić information content (AvgIpc) is 2.72. The van der Waals surface area contributed by atoms with E-state index >= 15 is 0 Å². The predicted octanol–water partition coefficient (Wildman–Crippen LogP) is 1.86. The van der Waals surface area contributed by atoms with Gasteiger partial charge in [-0.1, -0.05) is 24.3 Å². The zero-order chi connectivity index (χ0) is 12.5. The summed E-state index contributed by atoms with van der Waals surface area (Å²) in [6, 6.07) is 8.94. The first-order valence-electron chi connectivity index (χ1n) is 6.93. The van der Waals surface area contributed by atoms with Gasteiger partial charge in [0.2, 0.25) is 0 Å². The van der Waals surface area contributed by atoms with Gasteiger partial charge in [-0.15, -0.1) is 0 Å². The largest absolute Gasteiger partial charge is 0.372 e. The van der Waals surface area contributed by atoms with Gasteiger partial charge in [0.25, 0.3) is 0 Å². The number of nitrogens with zero attached hydrogens (tertiary/aromatic N) is 1. The Hall–Kier alpha value is -0.900. The van der Waals surface area contributed by atoms with Crippen molar-refractivity contribution in [3.8, 4) is 0 Å². The molecule has 18 heavy (non-hydrogen) atoms. The van der Waals surface area contributed by atoms with Crippen molar-refractivity contribution in [1.29, 1.82) is 0 Å². The molecule has 2 heterocycles. The van der Waals surface area contributed by atoms with Crippen molar-refractivity contribution < 1.29 is 4.74 Å². The van der Waals surface area contributed by atoms with Crippen molar-refractivity contribution in [1.82, 2.24) is 4.90 Å². The number of rotatable bonds is 3. The Bertz CT molecular complexity index is 409. The lowest BCUT2D eigenvalue weighted by atomic mass is 9.99. The Kier molecular flexibility index (Phi) is 3.37. The van der Waals surface area contributed by atoms with E-state index in [4.69, 9.17) is 10.5 Å². The minimum absolute atomic E-state index is 0.346. The number of benzene rings is 1. The van der Waals surface area contributed by atoms with Gasteiger partial charge < -0.3 is 10.5 Å². The molecule has 0 aromatic heterocycles. The standard InChI is InChI=1S/C15H22N2O/c1-11-4-2-3-5-14(11)15(8-16)17-9-12-6-7-13(10-17)18-12/h2-5,12-13,15H,6-10,16H2,1H3. The molecule has 98 valence electrons. The maximum absolute atomic E-state index is 6.03. The minimum atomic E-state index is 0.346. The number of fused-ring (bicyclic) bond motifs is 2. The van der Waals surface area contributed by atoms with Crippen LogP contribution in [0.15, 0.2) is 24.3 Å². The van der Waals surface area contributed by atoms with Crippen molar-refractivity contribution in [2.45, 2.75) is 38.0 Å². The molecule has 3 heteroatoms. The van der Waals surface area contributed by atoms with Crippen LogP contribution in [0.5, 0.6) is 0 Å². The quantitative estimate of drug-likeness (QED) is 0.884. The van der Waals surface area contributed by atoms with Crippen LogP contribution in [-0.4, -0.2) is 36.7 Å². The highest BCUT2D eigenvalue weighted by Gasteiger charge is 2.36. The molecule has 2 aliphatic rings. The second-order valence-electron chi connectivity index (χ2n) is 5.52. The molecule has 0 radical (unpaired) electrons. The first-order valence-corrected chi connectivity index (χ1v) is 6.93. The van der Waals surface area contributed by atoms with Gasteiger partial charge in [0.15, 0.2) is 0 Å². The Labute approximate surface area is 109 Å². The lowest BCUT2D eigenvalue weighted by Crippen LogP contribution is -2.46. The second-order valence-corrected chi connectivity index (χ2v) is 5.52. The van der Waals surface area contributed by atoms with E-state index in [-0.39, 0.29) is 0 Å². The molecule has 2 bridgehead atoms. The summed E-state index contributed by atoms with van der Waals surface area (Å²) in [6.07, 6.45) is 3.29. The summed E-state index contributed by atoms with van der Waals surface area (Å²) in [6.45, 7) is 4.93. The van der Waals surface area contributed by atoms with Gasteiger partial charge in [-0.3, -0.25) is 4.90 Å². The number of hydrogen-bond donors (Lipinski definition) is 1. The van der Waals surface area contributed by atoms with Crippen LogP contribution >= 0.6 is 0 Å². The summed E-state index contributed by atoms with van der Waals surface area (Å²) in [5.74, 6) is 0. The van der Waals surface area contributed by atoms with E-state index in [1.54, 1.807) is 0 Å². The third-order valence-electron chi connectivity index (χ3n) is 4.28. The number of nitrogens with two attached hydrogens (primary N) is 1. The monoisotopic (exact) mass is 246 g/mol. The van der Waals surface area contributed by atoms with Crippen LogP contribution in [0.2, 0.25) is 0 Å². The Balaban J connectivity index is 1.82. The molecule has 2 aliphatic heterocycles. The Morgan fingerprint density at radius 1 is 1.28 bits per heavy atom. The van der Waals surface area contributed by atoms with E-state index in [9.17, 15) is 0 Å². The minimum Gasteiger partial charge on any atom is -0.372 e. The van der Waals surface area contributed by atoms with Crippen molar-refractivity contribution in [3.05, 3.63) is 35.4 Å². The molecule has 0 spiro atoms. The third kappa shape index (κ3) is 2.18. The number of morpholine rings is 1. The molecule has 1 aromatic rings. The summed E-state index contributed by atoms with van der Waals surface area (Å²) in [5.41, 5.74) is 8.75. The van der Waals surface area contributed by atoms with Gasteiger partial charge in [0.05, 0.1) is 12.2 Å². The molecular weight excluding hydrogens is 224 g/mol. The van der Waals surface area contributed by atoms with E-state index in [1.165, 1.54) is 24.0 Å². The van der Waals surface area contributed by atoms with Gasteiger partial charge in [-0.25, -0.2) is 0 Å².